The van der Waals surface area contributed by atoms with Crippen molar-refractivity contribution in [1.29, 1.82) is 0 Å². The van der Waals surface area contributed by atoms with Crippen LogP contribution in [-0.4, -0.2) is 31.5 Å². The molecule has 0 aromatic rings. The third-order valence-electron chi connectivity index (χ3n) is 4.63. The Bertz CT molecular complexity index is 462. The van der Waals surface area contributed by atoms with Gasteiger partial charge in [0.15, 0.2) is 0 Å². The fraction of sp³-hybridized carbons (Fsp3) is 0.833. The van der Waals surface area contributed by atoms with E-state index in [1.807, 2.05) is 13.0 Å². The maximum absolute atomic E-state index is 13.3. The monoisotopic (exact) mass is 342 g/mol. The van der Waals surface area contributed by atoms with Gasteiger partial charge in [-0.25, -0.2) is 4.79 Å². The van der Waals surface area contributed by atoms with Crippen LogP contribution in [0.4, 0.5) is 0 Å². The van der Waals surface area contributed by atoms with E-state index in [4.69, 9.17) is 9.26 Å². The zero-order valence-corrected chi connectivity index (χ0v) is 15.5. The van der Waals surface area contributed by atoms with Crippen LogP contribution < -0.4 is 0 Å². The largest absolute Gasteiger partial charge is 0.463 e. The Hall–Kier alpha value is -0.600. The van der Waals surface area contributed by atoms with Crippen LogP contribution in [0.15, 0.2) is 11.6 Å². The normalized spacial score (nSPS) is 22.6. The topological polar surface area (TPSA) is 52.6 Å². The van der Waals surface area contributed by atoms with Crippen LogP contribution >= 0.6 is 7.37 Å². The molecule has 0 bridgehead atoms. The molecule has 0 spiro atoms. The van der Waals surface area contributed by atoms with Crippen molar-refractivity contribution in [1.82, 2.24) is 0 Å². The van der Waals surface area contributed by atoms with Gasteiger partial charge in [0.25, 0.3) is 0 Å². The van der Waals surface area contributed by atoms with Gasteiger partial charge < -0.3 is 9.26 Å². The zero-order chi connectivity index (χ0) is 16.7. The van der Waals surface area contributed by atoms with Crippen molar-refractivity contribution >= 4 is 13.3 Å². The Morgan fingerprint density at radius 1 is 1.09 bits per heavy atom. The lowest BCUT2D eigenvalue weighted by Crippen LogP contribution is -2.17. The van der Waals surface area contributed by atoms with Gasteiger partial charge in [-0.3, -0.25) is 4.57 Å². The second-order valence-corrected chi connectivity index (χ2v) is 9.40. The number of carbonyl (C=O) groups excluding carboxylic acids is 1. The lowest BCUT2D eigenvalue weighted by atomic mass is 9.91. The van der Waals surface area contributed by atoms with Crippen LogP contribution in [0.2, 0.25) is 0 Å². The second-order valence-electron chi connectivity index (χ2n) is 6.83. The number of hydrogen-bond acceptors (Lipinski definition) is 4. The Kier molecular flexibility index (Phi) is 7.36. The summed E-state index contributed by atoms with van der Waals surface area (Å²) in [6, 6.07) is 0. The Labute approximate surface area is 140 Å². The average Bonchev–Trinajstić information content (AvgIpc) is 3.32. The molecule has 2 rings (SSSR count). The molecule has 1 unspecified atom stereocenters. The number of carbonyl (C=O) groups is 1. The Balaban J connectivity index is 2.07. The molecular formula is C18H31O4P. The van der Waals surface area contributed by atoms with Crippen molar-refractivity contribution in [3.05, 3.63) is 11.6 Å². The first kappa shape index (κ1) is 18.7. The van der Waals surface area contributed by atoms with E-state index in [1.54, 1.807) is 6.92 Å². The summed E-state index contributed by atoms with van der Waals surface area (Å²) in [7, 11) is -2.82. The first-order valence-electron chi connectivity index (χ1n) is 9.16. The molecule has 0 heterocycles. The molecule has 23 heavy (non-hydrogen) atoms. The summed E-state index contributed by atoms with van der Waals surface area (Å²) >= 11 is 0. The molecule has 5 heteroatoms. The zero-order valence-electron chi connectivity index (χ0n) is 14.6. The van der Waals surface area contributed by atoms with Crippen molar-refractivity contribution in [2.75, 3.05) is 25.5 Å². The second kappa shape index (κ2) is 9.03. The predicted molar refractivity (Wildman–Crippen MR) is 93.0 cm³/mol. The molecule has 0 amide bonds. The SMILES string of the molecule is CCOC(=O)C(=CC1CC1)CP(=O)(CC1CCCCC1)OCC. The first-order valence-corrected chi connectivity index (χ1v) is 11.2. The van der Waals surface area contributed by atoms with Crippen LogP contribution in [0.3, 0.4) is 0 Å². The van der Waals surface area contributed by atoms with Gasteiger partial charge >= 0.3 is 5.97 Å². The molecule has 0 saturated heterocycles. The van der Waals surface area contributed by atoms with Crippen LogP contribution in [-0.2, 0) is 18.6 Å². The van der Waals surface area contributed by atoms with E-state index in [0.29, 0.717) is 36.8 Å². The summed E-state index contributed by atoms with van der Waals surface area (Å²) in [5, 5.41) is 0. The fourth-order valence-electron chi connectivity index (χ4n) is 3.38. The van der Waals surface area contributed by atoms with Gasteiger partial charge in [0.1, 0.15) is 0 Å². The average molecular weight is 342 g/mol. The highest BCUT2D eigenvalue weighted by Crippen LogP contribution is 2.52. The molecule has 2 aliphatic carbocycles. The minimum Gasteiger partial charge on any atom is -0.463 e. The van der Waals surface area contributed by atoms with Crippen LogP contribution in [0.5, 0.6) is 0 Å². The molecule has 1 atom stereocenters. The van der Waals surface area contributed by atoms with Crippen LogP contribution in [0, 0.1) is 11.8 Å². The van der Waals surface area contributed by atoms with E-state index in [9.17, 15) is 9.36 Å². The molecule has 2 saturated carbocycles. The lowest BCUT2D eigenvalue weighted by Gasteiger charge is -2.27. The molecule has 2 aliphatic rings. The number of ether oxygens (including phenoxy) is 1. The molecule has 0 N–H and O–H groups in total. The van der Waals surface area contributed by atoms with Gasteiger partial charge in [0.05, 0.1) is 19.4 Å². The highest BCUT2D eigenvalue weighted by molar-refractivity contribution is 7.59. The summed E-state index contributed by atoms with van der Waals surface area (Å²) in [5.74, 6) is 0.618. The van der Waals surface area contributed by atoms with E-state index < -0.39 is 7.37 Å². The van der Waals surface area contributed by atoms with E-state index in [2.05, 4.69) is 0 Å². The van der Waals surface area contributed by atoms with Gasteiger partial charge in [0, 0.05) is 11.7 Å². The Morgan fingerprint density at radius 3 is 2.35 bits per heavy atom. The van der Waals surface area contributed by atoms with Gasteiger partial charge in [-0.15, -0.1) is 0 Å². The Morgan fingerprint density at radius 2 is 1.78 bits per heavy atom. The number of rotatable bonds is 9. The maximum Gasteiger partial charge on any atom is 0.334 e. The summed E-state index contributed by atoms with van der Waals surface area (Å²) in [5.41, 5.74) is 0.571. The third-order valence-corrected chi connectivity index (χ3v) is 7.26. The highest BCUT2D eigenvalue weighted by atomic mass is 31.2. The standard InChI is InChI=1S/C18H31O4P/c1-3-21-18(19)17(12-15-10-11-15)14-23(20,22-4-2)13-16-8-6-5-7-9-16/h12,15-16H,3-11,13-14H2,1-2H3. The summed E-state index contributed by atoms with van der Waals surface area (Å²) in [6.07, 6.45) is 11.1. The van der Waals surface area contributed by atoms with Crippen molar-refractivity contribution in [2.24, 2.45) is 11.8 Å². The number of hydrogen-bond donors (Lipinski definition) is 0. The van der Waals surface area contributed by atoms with Gasteiger partial charge in [-0.05, 0) is 51.4 Å². The quantitative estimate of drug-likeness (QED) is 0.344. The van der Waals surface area contributed by atoms with E-state index >= 15 is 0 Å². The third kappa shape index (κ3) is 6.43. The van der Waals surface area contributed by atoms with Gasteiger partial charge in [0.2, 0.25) is 7.37 Å². The van der Waals surface area contributed by atoms with Crippen LogP contribution in [0.1, 0.15) is 58.8 Å². The lowest BCUT2D eigenvalue weighted by molar-refractivity contribution is -0.138. The molecule has 0 aliphatic heterocycles. The number of esters is 1. The molecule has 132 valence electrons. The van der Waals surface area contributed by atoms with Crippen LogP contribution in [0.25, 0.3) is 0 Å². The van der Waals surface area contributed by atoms with Gasteiger partial charge in [-0.1, -0.05) is 25.3 Å². The van der Waals surface area contributed by atoms with E-state index in [-0.39, 0.29) is 12.1 Å². The van der Waals surface area contributed by atoms with Crippen molar-refractivity contribution in [3.63, 3.8) is 0 Å². The molecule has 4 nitrogen and oxygen atoms in total. The molecule has 2 fully saturated rings. The summed E-state index contributed by atoms with van der Waals surface area (Å²) < 4.78 is 24.2. The maximum atomic E-state index is 13.3. The molecular weight excluding hydrogens is 311 g/mol. The van der Waals surface area contributed by atoms with Crippen molar-refractivity contribution < 1.29 is 18.6 Å². The minimum absolute atomic E-state index is 0.243. The van der Waals surface area contributed by atoms with Gasteiger partial charge in [-0.2, -0.15) is 0 Å². The molecule has 0 aromatic carbocycles. The first-order chi connectivity index (χ1) is 11.1. The predicted octanol–water partition coefficient (Wildman–Crippen LogP) is 4.78. The molecule has 0 radical (unpaired) electrons. The number of allylic oxidation sites excluding steroid dienone is 1. The fourth-order valence-corrected chi connectivity index (χ4v) is 6.08. The highest BCUT2D eigenvalue weighted by Gasteiger charge is 2.33. The van der Waals surface area contributed by atoms with Crippen molar-refractivity contribution in [3.8, 4) is 0 Å². The minimum atomic E-state index is -2.82. The van der Waals surface area contributed by atoms with Crippen molar-refractivity contribution in [2.45, 2.75) is 58.8 Å². The smallest absolute Gasteiger partial charge is 0.334 e. The van der Waals surface area contributed by atoms with E-state index in [1.165, 1.54) is 19.3 Å². The summed E-state index contributed by atoms with van der Waals surface area (Å²) in [6.45, 7) is 4.46. The summed E-state index contributed by atoms with van der Waals surface area (Å²) in [4.78, 5) is 12.2. The van der Waals surface area contributed by atoms with E-state index in [0.717, 1.165) is 25.7 Å². The molecule has 0 aromatic heterocycles.